The Morgan fingerprint density at radius 1 is 1.17 bits per heavy atom. The number of benzene rings is 1. The Morgan fingerprint density at radius 2 is 1.78 bits per heavy atom. The molecule has 128 valence electrons. The predicted octanol–water partition coefficient (Wildman–Crippen LogP) is 5.42. The van der Waals surface area contributed by atoms with Crippen molar-refractivity contribution in [2.45, 2.75) is 64.0 Å². The highest BCUT2D eigenvalue weighted by molar-refractivity contribution is 6.74. The molecule has 0 bridgehead atoms. The highest BCUT2D eigenvalue weighted by Crippen LogP contribution is 2.38. The van der Waals surface area contributed by atoms with Crippen molar-refractivity contribution in [3.05, 3.63) is 54.6 Å². The molecule has 1 aromatic carbocycles. The van der Waals surface area contributed by atoms with Crippen molar-refractivity contribution in [2.75, 3.05) is 0 Å². The largest absolute Gasteiger partial charge is 0.411 e. The van der Waals surface area contributed by atoms with E-state index >= 15 is 0 Å². The van der Waals surface area contributed by atoms with Gasteiger partial charge in [-0.15, -0.1) is 6.58 Å². The molecule has 0 unspecified atom stereocenters. The fourth-order valence-corrected chi connectivity index (χ4v) is 3.29. The van der Waals surface area contributed by atoms with E-state index in [-0.39, 0.29) is 11.1 Å². The molecule has 3 heteroatoms. The zero-order valence-corrected chi connectivity index (χ0v) is 16.3. The lowest BCUT2D eigenvalue weighted by molar-refractivity contribution is 0.166. The van der Waals surface area contributed by atoms with Gasteiger partial charge in [-0.25, -0.2) is 0 Å². The number of aliphatic hydroxyl groups is 1. The van der Waals surface area contributed by atoms with E-state index in [4.69, 9.17) is 4.43 Å². The maximum absolute atomic E-state index is 9.76. The number of rotatable bonds is 8. The van der Waals surface area contributed by atoms with E-state index in [0.29, 0.717) is 6.42 Å². The van der Waals surface area contributed by atoms with Crippen LogP contribution in [0.15, 0.2) is 49.1 Å². The SMILES string of the molecule is C=C[C@@H](O)CC[C@H](/C=C/c1ccccc1)O[Si](C)(C)C(C)(C)C. The lowest BCUT2D eigenvalue weighted by Crippen LogP contribution is -2.43. The Morgan fingerprint density at radius 3 is 2.30 bits per heavy atom. The lowest BCUT2D eigenvalue weighted by Gasteiger charge is -2.38. The van der Waals surface area contributed by atoms with Gasteiger partial charge in [0.1, 0.15) is 0 Å². The fraction of sp³-hybridized carbons (Fsp3) is 0.500. The third-order valence-electron chi connectivity index (χ3n) is 4.57. The normalized spacial score (nSPS) is 15.6. The Kier molecular flexibility index (Phi) is 7.45. The van der Waals surface area contributed by atoms with Crippen molar-refractivity contribution < 1.29 is 9.53 Å². The minimum atomic E-state index is -1.85. The molecule has 1 rings (SSSR count). The molecule has 1 N–H and O–H groups in total. The molecule has 1 aromatic rings. The van der Waals surface area contributed by atoms with E-state index in [2.05, 4.69) is 64.7 Å². The summed E-state index contributed by atoms with van der Waals surface area (Å²) in [7, 11) is -1.85. The number of hydrogen-bond donors (Lipinski definition) is 1. The van der Waals surface area contributed by atoms with Crippen LogP contribution >= 0.6 is 0 Å². The molecule has 0 saturated heterocycles. The van der Waals surface area contributed by atoms with E-state index in [1.54, 1.807) is 6.08 Å². The monoisotopic (exact) mass is 332 g/mol. The summed E-state index contributed by atoms with van der Waals surface area (Å²) in [4.78, 5) is 0. The van der Waals surface area contributed by atoms with Gasteiger partial charge in [0.25, 0.3) is 0 Å². The third kappa shape index (κ3) is 6.86. The summed E-state index contributed by atoms with van der Waals surface area (Å²) in [5.74, 6) is 0. The molecule has 0 amide bonds. The molecule has 0 radical (unpaired) electrons. The number of hydrogen-bond acceptors (Lipinski definition) is 2. The van der Waals surface area contributed by atoms with Crippen LogP contribution in [-0.2, 0) is 4.43 Å². The van der Waals surface area contributed by atoms with Crippen LogP contribution in [-0.4, -0.2) is 25.6 Å². The number of aliphatic hydroxyl groups excluding tert-OH is 1. The Labute approximate surface area is 143 Å². The topological polar surface area (TPSA) is 29.5 Å². The molecule has 2 nitrogen and oxygen atoms in total. The van der Waals surface area contributed by atoms with Crippen LogP contribution in [0.1, 0.15) is 39.2 Å². The first-order valence-corrected chi connectivity index (χ1v) is 11.3. The van der Waals surface area contributed by atoms with Crippen LogP contribution in [0.5, 0.6) is 0 Å². The molecule has 0 spiro atoms. The van der Waals surface area contributed by atoms with E-state index in [0.717, 1.165) is 6.42 Å². The second kappa shape index (κ2) is 8.62. The zero-order valence-electron chi connectivity index (χ0n) is 15.3. The maximum atomic E-state index is 9.76. The molecule has 0 aliphatic carbocycles. The summed E-state index contributed by atoms with van der Waals surface area (Å²) in [6.07, 6.45) is 6.84. The summed E-state index contributed by atoms with van der Waals surface area (Å²) in [5, 5.41) is 9.93. The first-order valence-electron chi connectivity index (χ1n) is 8.37. The molecule has 0 fully saturated rings. The average Bonchev–Trinajstić information content (AvgIpc) is 2.49. The summed E-state index contributed by atoms with van der Waals surface area (Å²) in [6, 6.07) is 10.2. The quantitative estimate of drug-likeness (QED) is 0.509. The smallest absolute Gasteiger partial charge is 0.192 e. The van der Waals surface area contributed by atoms with Crippen molar-refractivity contribution in [2.24, 2.45) is 0 Å². The predicted molar refractivity (Wildman–Crippen MR) is 103 cm³/mol. The van der Waals surface area contributed by atoms with Gasteiger partial charge in [-0.1, -0.05) is 69.3 Å². The van der Waals surface area contributed by atoms with Crippen molar-refractivity contribution in [1.29, 1.82) is 0 Å². The second-order valence-electron chi connectivity index (χ2n) is 7.57. The van der Waals surface area contributed by atoms with Crippen molar-refractivity contribution >= 4 is 14.4 Å². The van der Waals surface area contributed by atoms with Gasteiger partial charge in [-0.2, -0.15) is 0 Å². The van der Waals surface area contributed by atoms with E-state index < -0.39 is 14.4 Å². The van der Waals surface area contributed by atoms with E-state index in [1.807, 2.05) is 18.2 Å². The van der Waals surface area contributed by atoms with Gasteiger partial charge in [0.2, 0.25) is 0 Å². The summed E-state index contributed by atoms with van der Waals surface area (Å²) >= 11 is 0. The first-order chi connectivity index (χ1) is 10.7. The highest BCUT2D eigenvalue weighted by Gasteiger charge is 2.38. The van der Waals surface area contributed by atoms with Crippen molar-refractivity contribution in [3.8, 4) is 0 Å². The van der Waals surface area contributed by atoms with Crippen molar-refractivity contribution in [3.63, 3.8) is 0 Å². The Balaban J connectivity index is 2.84. The van der Waals surface area contributed by atoms with Crippen LogP contribution in [0, 0.1) is 0 Å². The van der Waals surface area contributed by atoms with Crippen LogP contribution in [0.25, 0.3) is 6.08 Å². The summed E-state index contributed by atoms with van der Waals surface area (Å²) in [5.41, 5.74) is 1.17. The molecule has 0 saturated carbocycles. The third-order valence-corrected chi connectivity index (χ3v) is 9.08. The molecular weight excluding hydrogens is 300 g/mol. The summed E-state index contributed by atoms with van der Waals surface area (Å²) in [6.45, 7) is 14.9. The second-order valence-corrected chi connectivity index (χ2v) is 12.3. The molecule has 23 heavy (non-hydrogen) atoms. The highest BCUT2D eigenvalue weighted by atomic mass is 28.4. The van der Waals surface area contributed by atoms with Crippen LogP contribution in [0.3, 0.4) is 0 Å². The van der Waals surface area contributed by atoms with Crippen LogP contribution < -0.4 is 0 Å². The van der Waals surface area contributed by atoms with E-state index in [9.17, 15) is 5.11 Å². The van der Waals surface area contributed by atoms with Gasteiger partial charge in [0.15, 0.2) is 8.32 Å². The first kappa shape index (κ1) is 19.9. The van der Waals surface area contributed by atoms with Crippen LogP contribution in [0.2, 0.25) is 18.1 Å². The van der Waals surface area contributed by atoms with E-state index in [1.165, 1.54) is 5.56 Å². The fourth-order valence-electron chi connectivity index (χ4n) is 1.99. The summed E-state index contributed by atoms with van der Waals surface area (Å²) < 4.78 is 6.53. The molecule has 0 aromatic heterocycles. The zero-order chi connectivity index (χ0) is 17.5. The Hall–Kier alpha value is -1.16. The van der Waals surface area contributed by atoms with Crippen molar-refractivity contribution in [1.82, 2.24) is 0 Å². The van der Waals surface area contributed by atoms with Gasteiger partial charge in [0, 0.05) is 0 Å². The van der Waals surface area contributed by atoms with Gasteiger partial charge in [-0.05, 0) is 36.5 Å². The molecular formula is C20H32O2Si. The maximum Gasteiger partial charge on any atom is 0.192 e. The van der Waals surface area contributed by atoms with Gasteiger partial charge < -0.3 is 9.53 Å². The van der Waals surface area contributed by atoms with Gasteiger partial charge in [-0.3, -0.25) is 0 Å². The lowest BCUT2D eigenvalue weighted by atomic mass is 10.1. The molecule has 0 aliphatic rings. The van der Waals surface area contributed by atoms with Gasteiger partial charge in [0.05, 0.1) is 12.2 Å². The molecule has 0 heterocycles. The minimum absolute atomic E-state index is 0.0192. The Bertz CT molecular complexity index is 500. The average molecular weight is 333 g/mol. The minimum Gasteiger partial charge on any atom is -0.411 e. The molecule has 2 atom stereocenters. The standard InChI is InChI=1S/C20H32O2Si/c1-7-18(21)14-16-19(22-23(5,6)20(2,3)4)15-13-17-11-9-8-10-12-17/h7-13,15,18-19,21H,1,14,16H2,2-6H3/b15-13+/t18-,19+/m1/s1. The molecule has 0 aliphatic heterocycles. The van der Waals surface area contributed by atoms with Gasteiger partial charge >= 0.3 is 0 Å². The van der Waals surface area contributed by atoms with Crippen LogP contribution in [0.4, 0.5) is 0 Å².